The fourth-order valence-corrected chi connectivity index (χ4v) is 10.4. The lowest BCUT2D eigenvalue weighted by Crippen LogP contribution is -2.47. The standard InChI is InChI=1S/C45H51ClF2N10O4/c1-24(57-16-14-26(15-17-57)28-6-8-30-35(20-28)56(3)54-37(30)31-9-11-36(59)51-42(31)60)25-12-18-58(19-13-25)44-49-22-33(46)41(53-44)50-29-7-10-34-32(21-29)38-39(43(61)55(34)2)62-23-45(47,48)40(52-38)27-4-5-27/h6-8,10,20-22,24-27,31,40,52H,4-5,9,11-19,23H2,1-3H3,(H,49,50,53)(H,51,59,60)/t24-,31?,40-/m0/s1. The van der Waals surface area contributed by atoms with Gasteiger partial charge in [-0.2, -0.15) is 10.1 Å². The van der Waals surface area contributed by atoms with Gasteiger partial charge in [0, 0.05) is 56.1 Å². The lowest BCUT2D eigenvalue weighted by molar-refractivity contribution is -0.134. The van der Waals surface area contributed by atoms with Crippen molar-refractivity contribution in [3.63, 3.8) is 0 Å². The van der Waals surface area contributed by atoms with Gasteiger partial charge in [0.2, 0.25) is 23.5 Å². The fourth-order valence-electron chi connectivity index (χ4n) is 10.3. The van der Waals surface area contributed by atoms with Gasteiger partial charge in [-0.3, -0.25) is 24.4 Å². The molecule has 10 rings (SSSR count). The van der Waals surface area contributed by atoms with E-state index >= 15 is 8.78 Å². The second-order valence-electron chi connectivity index (χ2n) is 18.0. The van der Waals surface area contributed by atoms with E-state index in [2.05, 4.69) is 55.9 Å². The number of imide groups is 1. The number of anilines is 4. The van der Waals surface area contributed by atoms with Crippen LogP contribution in [0.2, 0.25) is 5.02 Å². The molecule has 1 aliphatic carbocycles. The Balaban J connectivity index is 0.776. The van der Waals surface area contributed by atoms with Gasteiger partial charge in [0.15, 0.2) is 12.4 Å². The number of hydrogen-bond donors (Lipinski definition) is 3. The Bertz CT molecular complexity index is 2650. The number of hydrogen-bond acceptors (Lipinski definition) is 11. The summed E-state index contributed by atoms with van der Waals surface area (Å²) >= 11 is 6.65. The van der Waals surface area contributed by atoms with Crippen LogP contribution in [-0.4, -0.2) is 91.8 Å². The average Bonchev–Trinajstić information content (AvgIpc) is 4.08. The summed E-state index contributed by atoms with van der Waals surface area (Å²) in [6, 6.07) is 11.3. The highest BCUT2D eigenvalue weighted by Gasteiger charge is 2.51. The molecule has 1 unspecified atom stereocenters. The first-order chi connectivity index (χ1) is 29.8. The van der Waals surface area contributed by atoms with Gasteiger partial charge >= 0.3 is 5.92 Å². The second-order valence-corrected chi connectivity index (χ2v) is 18.4. The molecule has 3 aromatic heterocycles. The number of fused-ring (bicyclic) bond motifs is 4. The van der Waals surface area contributed by atoms with E-state index in [1.54, 1.807) is 19.3 Å². The molecule has 17 heteroatoms. The van der Waals surface area contributed by atoms with Crippen molar-refractivity contribution < 1.29 is 23.1 Å². The van der Waals surface area contributed by atoms with Gasteiger partial charge in [0.1, 0.15) is 5.02 Å². The van der Waals surface area contributed by atoms with Crippen LogP contribution in [0.3, 0.4) is 0 Å². The fraction of sp³-hybridized carbons (Fsp3) is 0.511. The number of likely N-dealkylation sites (tertiary alicyclic amines) is 1. The van der Waals surface area contributed by atoms with Crippen molar-refractivity contribution in [1.29, 1.82) is 0 Å². The number of aromatic nitrogens is 5. The summed E-state index contributed by atoms with van der Waals surface area (Å²) in [7, 11) is 3.53. The lowest BCUT2D eigenvalue weighted by atomic mass is 9.85. The highest BCUT2D eigenvalue weighted by Crippen LogP contribution is 2.46. The first-order valence-electron chi connectivity index (χ1n) is 21.9. The van der Waals surface area contributed by atoms with Crippen LogP contribution >= 0.6 is 11.6 Å². The molecule has 3 saturated heterocycles. The normalized spacial score (nSPS) is 23.1. The third-order valence-electron chi connectivity index (χ3n) is 14.2. The zero-order chi connectivity index (χ0) is 43.0. The molecule has 4 aliphatic heterocycles. The van der Waals surface area contributed by atoms with E-state index in [0.29, 0.717) is 76.9 Å². The smallest absolute Gasteiger partial charge is 0.301 e. The van der Waals surface area contributed by atoms with Gasteiger partial charge in [-0.25, -0.2) is 13.8 Å². The zero-order valence-corrected chi connectivity index (χ0v) is 35.9. The molecule has 14 nitrogen and oxygen atoms in total. The highest BCUT2D eigenvalue weighted by molar-refractivity contribution is 6.33. The Morgan fingerprint density at radius 1 is 0.935 bits per heavy atom. The van der Waals surface area contributed by atoms with Crippen molar-refractivity contribution >= 4 is 68.4 Å². The minimum absolute atomic E-state index is 0.104. The van der Waals surface area contributed by atoms with Crippen LogP contribution in [0.5, 0.6) is 5.75 Å². The molecule has 1 saturated carbocycles. The number of aryl methyl sites for hydroxylation is 2. The van der Waals surface area contributed by atoms with Gasteiger partial charge in [-0.05, 0) is 113 Å². The van der Waals surface area contributed by atoms with Gasteiger partial charge in [-0.15, -0.1) is 0 Å². The number of piperidine rings is 3. The first kappa shape index (κ1) is 40.7. The van der Waals surface area contributed by atoms with Crippen LogP contribution in [0.4, 0.5) is 31.9 Å². The second kappa shape index (κ2) is 15.8. The zero-order valence-electron chi connectivity index (χ0n) is 35.1. The summed E-state index contributed by atoms with van der Waals surface area (Å²) in [5.41, 5.74) is 4.07. The summed E-state index contributed by atoms with van der Waals surface area (Å²) in [4.78, 5) is 51.9. The number of ether oxygens (including phenoxy) is 1. The molecule has 4 fully saturated rings. The monoisotopic (exact) mass is 868 g/mol. The maximum absolute atomic E-state index is 15.2. The van der Waals surface area contributed by atoms with E-state index in [1.807, 2.05) is 23.9 Å². The predicted octanol–water partition coefficient (Wildman–Crippen LogP) is 6.84. The van der Waals surface area contributed by atoms with E-state index in [4.69, 9.17) is 26.4 Å². The summed E-state index contributed by atoms with van der Waals surface area (Å²) in [6.45, 7) is 5.18. The number of amides is 2. The number of rotatable bonds is 8. The van der Waals surface area contributed by atoms with E-state index in [0.717, 1.165) is 68.5 Å². The molecular formula is C45H51ClF2N10O4. The van der Waals surface area contributed by atoms with E-state index in [9.17, 15) is 14.4 Å². The summed E-state index contributed by atoms with van der Waals surface area (Å²) in [5, 5.41) is 15.5. The molecule has 0 spiro atoms. The van der Waals surface area contributed by atoms with Crippen LogP contribution in [0.1, 0.15) is 81.4 Å². The van der Waals surface area contributed by atoms with Gasteiger partial charge in [-0.1, -0.05) is 23.7 Å². The third-order valence-corrected chi connectivity index (χ3v) is 14.4. The largest absolute Gasteiger partial charge is 0.480 e. The van der Waals surface area contributed by atoms with E-state index in [-0.39, 0.29) is 29.2 Å². The summed E-state index contributed by atoms with van der Waals surface area (Å²) < 4.78 is 39.2. The molecule has 62 heavy (non-hydrogen) atoms. The summed E-state index contributed by atoms with van der Waals surface area (Å²) in [5.74, 6) is -2.33. The number of pyridine rings is 1. The molecule has 326 valence electrons. The van der Waals surface area contributed by atoms with Crippen LogP contribution < -0.4 is 31.1 Å². The van der Waals surface area contributed by atoms with Gasteiger partial charge < -0.3 is 29.7 Å². The number of carbonyl (C=O) groups is 2. The molecule has 0 radical (unpaired) electrons. The Labute approximate surface area is 362 Å². The van der Waals surface area contributed by atoms with Crippen LogP contribution in [0, 0.1) is 11.8 Å². The van der Waals surface area contributed by atoms with Crippen molar-refractivity contribution in [2.24, 2.45) is 25.9 Å². The van der Waals surface area contributed by atoms with Crippen molar-refractivity contribution in [1.82, 2.24) is 34.5 Å². The van der Waals surface area contributed by atoms with Crippen LogP contribution in [0.15, 0.2) is 47.4 Å². The molecule has 5 aliphatic rings. The van der Waals surface area contributed by atoms with Gasteiger partial charge in [0.05, 0.1) is 40.6 Å². The Morgan fingerprint density at radius 3 is 2.45 bits per heavy atom. The lowest BCUT2D eigenvalue weighted by Gasteiger charge is -2.42. The number of alkyl halides is 2. The first-order valence-corrected chi connectivity index (χ1v) is 22.2. The molecule has 0 bridgehead atoms. The van der Waals surface area contributed by atoms with Crippen molar-refractivity contribution in [2.75, 3.05) is 48.3 Å². The third kappa shape index (κ3) is 7.41. The molecule has 3 N–H and O–H groups in total. The minimum atomic E-state index is -3.13. The Morgan fingerprint density at radius 2 is 1.71 bits per heavy atom. The van der Waals surface area contributed by atoms with Crippen LogP contribution in [-0.2, 0) is 23.7 Å². The topological polar surface area (TPSA) is 152 Å². The number of benzene rings is 2. The predicted molar refractivity (Wildman–Crippen MR) is 234 cm³/mol. The number of halogens is 3. The molecular weight excluding hydrogens is 818 g/mol. The maximum Gasteiger partial charge on any atom is 0.301 e. The maximum atomic E-state index is 15.2. The molecule has 3 atom stereocenters. The average molecular weight is 869 g/mol. The highest BCUT2D eigenvalue weighted by atomic mass is 35.5. The van der Waals surface area contributed by atoms with E-state index < -0.39 is 30.0 Å². The van der Waals surface area contributed by atoms with Gasteiger partial charge in [0.25, 0.3) is 5.56 Å². The quantitative estimate of drug-likeness (QED) is 0.141. The molecule has 2 amide bonds. The van der Waals surface area contributed by atoms with Crippen molar-refractivity contribution in [3.8, 4) is 5.75 Å². The summed E-state index contributed by atoms with van der Waals surface area (Å²) in [6.07, 6.45) is 7.97. The Kier molecular flexibility index (Phi) is 10.4. The SMILES string of the molecule is C[C@@H](C1CCN(c2ncc(Cl)c(Nc3ccc4c(c3)c3c(c(=O)n4C)OCC(F)(F)[C@H](C4CC4)N3)n2)CC1)N1CCC(c2ccc3c(C4CCC(=O)NC4=O)nn(C)c3c2)CC1. The Hall–Kier alpha value is -5.35. The number of nitrogens with zero attached hydrogens (tertiary/aromatic N) is 7. The number of carbonyl (C=O) groups excluding carboxylic acids is 2. The minimum Gasteiger partial charge on any atom is -0.480 e. The van der Waals surface area contributed by atoms with Crippen LogP contribution in [0.25, 0.3) is 21.8 Å². The molecule has 5 aromatic rings. The number of nitrogens with one attached hydrogen (secondary N) is 3. The van der Waals surface area contributed by atoms with Crippen molar-refractivity contribution in [2.45, 2.75) is 88.1 Å². The van der Waals surface area contributed by atoms with E-state index in [1.165, 1.54) is 10.1 Å². The van der Waals surface area contributed by atoms with Crippen molar-refractivity contribution in [3.05, 3.63) is 69.2 Å². The molecule has 2 aromatic carbocycles. The molecule has 7 heterocycles.